The summed E-state index contributed by atoms with van der Waals surface area (Å²) in [4.78, 5) is 25.0. The second-order valence-corrected chi connectivity index (χ2v) is 6.05. The van der Waals surface area contributed by atoms with E-state index in [9.17, 15) is 9.59 Å². The summed E-state index contributed by atoms with van der Waals surface area (Å²) in [5, 5.41) is 11.9. The smallest absolute Gasteiger partial charge is 0.317 e. The maximum absolute atomic E-state index is 12.2. The van der Waals surface area contributed by atoms with Gasteiger partial charge in [0.2, 0.25) is 0 Å². The van der Waals surface area contributed by atoms with Gasteiger partial charge < -0.3 is 10.4 Å². The molecule has 0 bridgehead atoms. The van der Waals surface area contributed by atoms with E-state index < -0.39 is 5.97 Å². The number of rotatable bonds is 6. The van der Waals surface area contributed by atoms with Crippen molar-refractivity contribution in [3.05, 3.63) is 34.9 Å². The number of carboxylic acids is 1. The van der Waals surface area contributed by atoms with Gasteiger partial charge in [0.1, 0.15) is 0 Å². The molecule has 1 aliphatic carbocycles. The summed E-state index contributed by atoms with van der Waals surface area (Å²) in [5.41, 5.74) is 2.97. The van der Waals surface area contributed by atoms with Gasteiger partial charge in [-0.2, -0.15) is 0 Å². The summed E-state index contributed by atoms with van der Waals surface area (Å²) in [7, 11) is 0. The fourth-order valence-corrected chi connectivity index (χ4v) is 2.83. The highest BCUT2D eigenvalue weighted by atomic mass is 16.4. The molecule has 0 saturated heterocycles. The van der Waals surface area contributed by atoms with Crippen molar-refractivity contribution in [1.82, 2.24) is 10.2 Å². The highest BCUT2D eigenvalue weighted by Crippen LogP contribution is 2.26. The molecule has 1 aliphatic rings. The fourth-order valence-electron chi connectivity index (χ4n) is 2.83. The Morgan fingerprint density at radius 2 is 1.95 bits per heavy atom. The molecule has 1 aromatic carbocycles. The Morgan fingerprint density at radius 1 is 1.27 bits per heavy atom. The van der Waals surface area contributed by atoms with Crippen molar-refractivity contribution in [2.24, 2.45) is 0 Å². The predicted molar refractivity (Wildman–Crippen MR) is 85.1 cm³/mol. The quantitative estimate of drug-likeness (QED) is 0.843. The molecule has 0 unspecified atom stereocenters. The van der Waals surface area contributed by atoms with Crippen molar-refractivity contribution >= 4 is 11.9 Å². The van der Waals surface area contributed by atoms with Crippen molar-refractivity contribution in [2.45, 2.75) is 45.7 Å². The molecular formula is C17H24N2O3. The number of nitrogens with one attached hydrogen (secondary N) is 1. The standard InChI is InChI=1S/C17H24N2O3/c1-4-19(10-16(20)21)15-8-14(9-15)18-17(22)13-6-5-11(2)12(3)7-13/h5-7,14-15H,4,8-10H2,1-3H3,(H,18,22)(H,20,21). The van der Waals surface area contributed by atoms with Crippen LogP contribution in [0.15, 0.2) is 18.2 Å². The Bertz CT molecular complexity index is 565. The number of benzene rings is 1. The zero-order valence-corrected chi connectivity index (χ0v) is 13.4. The molecule has 0 atom stereocenters. The first-order valence-electron chi connectivity index (χ1n) is 7.74. The monoisotopic (exact) mass is 304 g/mol. The van der Waals surface area contributed by atoms with Crippen molar-refractivity contribution in [2.75, 3.05) is 13.1 Å². The lowest BCUT2D eigenvalue weighted by Gasteiger charge is -2.42. The first kappa shape index (κ1) is 16.5. The maximum Gasteiger partial charge on any atom is 0.317 e. The van der Waals surface area contributed by atoms with Crippen molar-refractivity contribution in [3.63, 3.8) is 0 Å². The summed E-state index contributed by atoms with van der Waals surface area (Å²) >= 11 is 0. The highest BCUT2D eigenvalue weighted by Gasteiger charge is 2.34. The number of nitrogens with zero attached hydrogens (tertiary/aromatic N) is 1. The van der Waals surface area contributed by atoms with Crippen LogP contribution < -0.4 is 5.32 Å². The topological polar surface area (TPSA) is 69.6 Å². The molecule has 0 radical (unpaired) electrons. The van der Waals surface area contributed by atoms with E-state index in [1.165, 1.54) is 5.56 Å². The largest absolute Gasteiger partial charge is 0.480 e. The second kappa shape index (κ2) is 6.92. The molecular weight excluding hydrogens is 280 g/mol. The van der Waals surface area contributed by atoms with E-state index in [1.54, 1.807) is 0 Å². The molecule has 0 aliphatic heterocycles. The van der Waals surface area contributed by atoms with Crippen molar-refractivity contribution in [3.8, 4) is 0 Å². The van der Waals surface area contributed by atoms with E-state index in [2.05, 4.69) is 5.32 Å². The highest BCUT2D eigenvalue weighted by molar-refractivity contribution is 5.94. The van der Waals surface area contributed by atoms with Gasteiger partial charge in [0.15, 0.2) is 0 Å². The third-order valence-electron chi connectivity index (χ3n) is 4.48. The van der Waals surface area contributed by atoms with Crippen LogP contribution in [0.25, 0.3) is 0 Å². The van der Waals surface area contributed by atoms with Crippen LogP contribution in [-0.2, 0) is 4.79 Å². The van der Waals surface area contributed by atoms with E-state index in [0.29, 0.717) is 5.56 Å². The molecule has 2 N–H and O–H groups in total. The zero-order chi connectivity index (χ0) is 16.3. The minimum Gasteiger partial charge on any atom is -0.480 e. The molecule has 0 aromatic heterocycles. The number of carbonyl (C=O) groups is 2. The number of aliphatic carboxylic acids is 1. The van der Waals surface area contributed by atoms with Gasteiger partial charge in [-0.15, -0.1) is 0 Å². The lowest BCUT2D eigenvalue weighted by molar-refractivity contribution is -0.139. The average molecular weight is 304 g/mol. The van der Waals surface area contributed by atoms with Gasteiger partial charge in [-0.3, -0.25) is 14.5 Å². The molecule has 1 fully saturated rings. The number of carbonyl (C=O) groups excluding carboxylic acids is 1. The number of aryl methyl sites for hydroxylation is 2. The SMILES string of the molecule is CCN(CC(=O)O)C1CC(NC(=O)c2ccc(C)c(C)c2)C1. The fraction of sp³-hybridized carbons (Fsp3) is 0.529. The molecule has 2 rings (SSSR count). The Labute approximate surface area is 131 Å². The van der Waals surface area contributed by atoms with E-state index in [4.69, 9.17) is 5.11 Å². The predicted octanol–water partition coefficient (Wildman–Crippen LogP) is 1.97. The van der Waals surface area contributed by atoms with Crippen molar-refractivity contribution < 1.29 is 14.7 Å². The summed E-state index contributed by atoms with van der Waals surface area (Å²) in [6.45, 7) is 6.77. The maximum atomic E-state index is 12.2. The summed E-state index contributed by atoms with van der Waals surface area (Å²) in [5.74, 6) is -0.850. The molecule has 120 valence electrons. The van der Waals surface area contributed by atoms with Gasteiger partial charge in [0.05, 0.1) is 6.54 Å². The number of carboxylic acid groups (broad SMARTS) is 1. The van der Waals surface area contributed by atoms with Crippen LogP contribution in [-0.4, -0.2) is 47.1 Å². The van der Waals surface area contributed by atoms with E-state index in [1.807, 2.05) is 43.9 Å². The van der Waals surface area contributed by atoms with Gasteiger partial charge in [-0.05, 0) is 56.5 Å². The summed E-state index contributed by atoms with van der Waals surface area (Å²) < 4.78 is 0. The average Bonchev–Trinajstić information content (AvgIpc) is 2.42. The summed E-state index contributed by atoms with van der Waals surface area (Å²) in [6.07, 6.45) is 1.63. The molecule has 5 heteroatoms. The normalized spacial score (nSPS) is 20.5. The minimum absolute atomic E-state index is 0.0483. The van der Waals surface area contributed by atoms with Gasteiger partial charge in [0.25, 0.3) is 5.91 Å². The number of amides is 1. The van der Waals surface area contributed by atoms with E-state index in [0.717, 1.165) is 24.9 Å². The van der Waals surface area contributed by atoms with Gasteiger partial charge in [-0.1, -0.05) is 13.0 Å². The van der Waals surface area contributed by atoms with Gasteiger partial charge in [0, 0.05) is 17.6 Å². The third kappa shape index (κ3) is 3.85. The first-order valence-corrected chi connectivity index (χ1v) is 7.74. The Kier molecular flexibility index (Phi) is 5.19. The first-order chi connectivity index (χ1) is 10.4. The number of hydrogen-bond acceptors (Lipinski definition) is 3. The third-order valence-corrected chi connectivity index (χ3v) is 4.48. The zero-order valence-electron chi connectivity index (χ0n) is 13.4. The molecule has 0 spiro atoms. The molecule has 0 heterocycles. The Hall–Kier alpha value is -1.88. The van der Waals surface area contributed by atoms with Crippen LogP contribution in [0.4, 0.5) is 0 Å². The number of hydrogen-bond donors (Lipinski definition) is 2. The van der Waals surface area contributed by atoms with Crippen LogP contribution in [0.3, 0.4) is 0 Å². The van der Waals surface area contributed by atoms with Crippen LogP contribution >= 0.6 is 0 Å². The van der Waals surface area contributed by atoms with E-state index >= 15 is 0 Å². The number of likely N-dealkylation sites (N-methyl/N-ethyl adjacent to an activating group) is 1. The lowest BCUT2D eigenvalue weighted by Crippen LogP contribution is -2.54. The Balaban J connectivity index is 1.85. The van der Waals surface area contributed by atoms with Crippen LogP contribution in [0.2, 0.25) is 0 Å². The molecule has 1 saturated carbocycles. The Morgan fingerprint density at radius 3 is 2.50 bits per heavy atom. The van der Waals surface area contributed by atoms with E-state index in [-0.39, 0.29) is 24.5 Å². The minimum atomic E-state index is -0.801. The van der Waals surface area contributed by atoms with Gasteiger partial charge >= 0.3 is 5.97 Å². The molecule has 1 aromatic rings. The van der Waals surface area contributed by atoms with Crippen LogP contribution in [0.1, 0.15) is 41.3 Å². The lowest BCUT2D eigenvalue weighted by atomic mass is 9.85. The molecule has 1 amide bonds. The van der Waals surface area contributed by atoms with Crippen LogP contribution in [0.5, 0.6) is 0 Å². The van der Waals surface area contributed by atoms with Crippen molar-refractivity contribution in [1.29, 1.82) is 0 Å². The molecule has 22 heavy (non-hydrogen) atoms. The van der Waals surface area contributed by atoms with Crippen LogP contribution in [0, 0.1) is 13.8 Å². The van der Waals surface area contributed by atoms with Gasteiger partial charge in [-0.25, -0.2) is 0 Å². The molecule has 5 nitrogen and oxygen atoms in total. The summed E-state index contributed by atoms with van der Waals surface area (Å²) in [6, 6.07) is 6.10. The second-order valence-electron chi connectivity index (χ2n) is 6.05.